The lowest BCUT2D eigenvalue weighted by molar-refractivity contribution is 0.216. The molecule has 1 rings (SSSR count). The van der Waals surface area contributed by atoms with Gasteiger partial charge in [-0.2, -0.15) is 0 Å². The van der Waals surface area contributed by atoms with E-state index < -0.39 is 0 Å². The summed E-state index contributed by atoms with van der Waals surface area (Å²) in [6.07, 6.45) is 1.17. The summed E-state index contributed by atoms with van der Waals surface area (Å²) in [5.41, 5.74) is 7.60. The number of halogens is 1. The van der Waals surface area contributed by atoms with Crippen molar-refractivity contribution in [1.82, 2.24) is 4.90 Å². The van der Waals surface area contributed by atoms with Crippen LogP contribution in [0.25, 0.3) is 0 Å². The first-order chi connectivity index (χ1) is 8.80. The summed E-state index contributed by atoms with van der Waals surface area (Å²) in [5, 5.41) is 0. The molecule has 0 saturated carbocycles. The lowest BCUT2D eigenvalue weighted by Gasteiger charge is -2.28. The number of nitrogens with two attached hydrogens (primary N) is 1. The number of rotatable bonds is 6. The van der Waals surface area contributed by atoms with Crippen LogP contribution in [0.1, 0.15) is 32.8 Å². The lowest BCUT2D eigenvalue weighted by Crippen LogP contribution is -2.32. The Morgan fingerprint density at radius 3 is 2.53 bits per heavy atom. The molecule has 1 unspecified atom stereocenters. The fourth-order valence-corrected chi connectivity index (χ4v) is 2.99. The predicted octanol–water partition coefficient (Wildman–Crippen LogP) is 3.89. The summed E-state index contributed by atoms with van der Waals surface area (Å²) in [6.45, 7) is 9.64. The first-order valence-electron chi connectivity index (χ1n) is 6.93. The summed E-state index contributed by atoms with van der Waals surface area (Å²) >= 11 is 3.52. The van der Waals surface area contributed by atoms with Gasteiger partial charge < -0.3 is 10.6 Å². The Kier molecular flexibility index (Phi) is 6.51. The molecule has 108 valence electrons. The molecule has 0 saturated heterocycles. The van der Waals surface area contributed by atoms with Crippen LogP contribution in [0.5, 0.6) is 0 Å². The van der Waals surface area contributed by atoms with Crippen LogP contribution in [0.2, 0.25) is 0 Å². The Morgan fingerprint density at radius 2 is 2.00 bits per heavy atom. The quantitative estimate of drug-likeness (QED) is 0.859. The van der Waals surface area contributed by atoms with Crippen LogP contribution in [0, 0.1) is 11.3 Å². The van der Waals surface area contributed by atoms with Crippen molar-refractivity contribution in [3.8, 4) is 0 Å². The first kappa shape index (κ1) is 16.7. The highest BCUT2D eigenvalue weighted by Gasteiger charge is 2.19. The van der Waals surface area contributed by atoms with Gasteiger partial charge in [-0.25, -0.2) is 0 Å². The van der Waals surface area contributed by atoms with E-state index in [0.29, 0.717) is 11.3 Å². The van der Waals surface area contributed by atoms with Gasteiger partial charge in [-0.1, -0.05) is 48.8 Å². The van der Waals surface area contributed by atoms with Gasteiger partial charge in [0.05, 0.1) is 0 Å². The zero-order valence-electron chi connectivity index (χ0n) is 12.6. The van der Waals surface area contributed by atoms with Gasteiger partial charge in [0, 0.05) is 17.6 Å². The molecule has 0 amide bonds. The fraction of sp³-hybridized carbons (Fsp3) is 0.625. The molecular weight excluding hydrogens is 300 g/mol. The summed E-state index contributed by atoms with van der Waals surface area (Å²) in [7, 11) is 2.17. The predicted molar refractivity (Wildman–Crippen MR) is 87.1 cm³/mol. The van der Waals surface area contributed by atoms with Crippen LogP contribution >= 0.6 is 15.9 Å². The largest absolute Gasteiger partial charge is 0.330 e. The van der Waals surface area contributed by atoms with E-state index in [0.717, 1.165) is 24.1 Å². The molecule has 0 radical (unpaired) electrons. The molecule has 2 nitrogen and oxygen atoms in total. The van der Waals surface area contributed by atoms with Crippen molar-refractivity contribution in [1.29, 1.82) is 0 Å². The molecule has 0 heterocycles. The van der Waals surface area contributed by atoms with Gasteiger partial charge in [-0.05, 0) is 49.0 Å². The van der Waals surface area contributed by atoms with Gasteiger partial charge in [0.1, 0.15) is 0 Å². The molecule has 0 bridgehead atoms. The van der Waals surface area contributed by atoms with Crippen LogP contribution in [0.15, 0.2) is 28.7 Å². The highest BCUT2D eigenvalue weighted by atomic mass is 79.9. The molecule has 19 heavy (non-hydrogen) atoms. The van der Waals surface area contributed by atoms with Crippen molar-refractivity contribution >= 4 is 15.9 Å². The maximum Gasteiger partial charge on any atom is 0.0231 e. The van der Waals surface area contributed by atoms with E-state index in [1.807, 2.05) is 0 Å². The summed E-state index contributed by atoms with van der Waals surface area (Å²) in [5.74, 6) is 0.567. The minimum absolute atomic E-state index is 0.348. The monoisotopic (exact) mass is 326 g/mol. The smallest absolute Gasteiger partial charge is 0.0231 e. The lowest BCUT2D eigenvalue weighted by atomic mass is 9.84. The molecule has 0 aromatic heterocycles. The molecule has 0 aliphatic rings. The first-order valence-corrected chi connectivity index (χ1v) is 7.72. The van der Waals surface area contributed by atoms with Gasteiger partial charge in [-0.15, -0.1) is 0 Å². The molecule has 1 aromatic carbocycles. The minimum atomic E-state index is 0.348. The van der Waals surface area contributed by atoms with Crippen LogP contribution < -0.4 is 5.73 Å². The van der Waals surface area contributed by atoms with E-state index in [2.05, 4.69) is 72.9 Å². The zero-order chi connectivity index (χ0) is 14.5. The van der Waals surface area contributed by atoms with Crippen molar-refractivity contribution in [3.05, 3.63) is 34.3 Å². The standard InChI is InChI=1S/C16H27BrN2/c1-16(2,3)9-14(10-18)12-19(4)11-13-6-5-7-15(17)8-13/h5-8,14H,9-12,18H2,1-4H3. The van der Waals surface area contributed by atoms with Crippen LogP contribution in [-0.2, 0) is 6.54 Å². The third kappa shape index (κ3) is 7.09. The van der Waals surface area contributed by atoms with Crippen molar-refractivity contribution in [2.45, 2.75) is 33.7 Å². The average Bonchev–Trinajstić information content (AvgIpc) is 2.26. The van der Waals surface area contributed by atoms with Crippen molar-refractivity contribution < 1.29 is 0 Å². The molecular formula is C16H27BrN2. The van der Waals surface area contributed by atoms with Gasteiger partial charge in [0.15, 0.2) is 0 Å². The Morgan fingerprint density at radius 1 is 1.32 bits per heavy atom. The molecule has 2 N–H and O–H groups in total. The Labute approximate surface area is 126 Å². The molecule has 0 aliphatic carbocycles. The molecule has 0 aliphatic heterocycles. The normalized spacial score (nSPS) is 13.8. The number of benzene rings is 1. The van der Waals surface area contributed by atoms with Crippen molar-refractivity contribution in [2.24, 2.45) is 17.1 Å². The number of hydrogen-bond acceptors (Lipinski definition) is 2. The average molecular weight is 327 g/mol. The molecule has 1 atom stereocenters. The molecule has 0 fully saturated rings. The molecule has 0 spiro atoms. The van der Waals surface area contributed by atoms with E-state index in [1.54, 1.807) is 0 Å². The highest BCUT2D eigenvalue weighted by Crippen LogP contribution is 2.24. The zero-order valence-corrected chi connectivity index (χ0v) is 14.2. The third-order valence-corrected chi connectivity index (χ3v) is 3.64. The Bertz CT molecular complexity index is 385. The second kappa shape index (κ2) is 7.41. The maximum atomic E-state index is 5.91. The van der Waals surface area contributed by atoms with Crippen molar-refractivity contribution in [3.63, 3.8) is 0 Å². The van der Waals surface area contributed by atoms with E-state index >= 15 is 0 Å². The highest BCUT2D eigenvalue weighted by molar-refractivity contribution is 9.10. The molecule has 3 heteroatoms. The van der Waals surface area contributed by atoms with E-state index in [4.69, 9.17) is 5.73 Å². The van der Waals surface area contributed by atoms with Gasteiger partial charge in [-0.3, -0.25) is 0 Å². The second-order valence-electron chi connectivity index (χ2n) is 6.69. The Balaban J connectivity index is 2.51. The fourth-order valence-electron chi connectivity index (χ4n) is 2.54. The minimum Gasteiger partial charge on any atom is -0.330 e. The van der Waals surface area contributed by atoms with Crippen molar-refractivity contribution in [2.75, 3.05) is 20.1 Å². The van der Waals surface area contributed by atoms with E-state index in [-0.39, 0.29) is 0 Å². The maximum absolute atomic E-state index is 5.91. The van der Waals surface area contributed by atoms with Gasteiger partial charge >= 0.3 is 0 Å². The number of hydrogen-bond donors (Lipinski definition) is 1. The third-order valence-electron chi connectivity index (χ3n) is 3.15. The summed E-state index contributed by atoms with van der Waals surface area (Å²) in [6, 6.07) is 8.49. The summed E-state index contributed by atoms with van der Waals surface area (Å²) in [4.78, 5) is 2.37. The van der Waals surface area contributed by atoms with Crippen LogP contribution in [0.4, 0.5) is 0 Å². The van der Waals surface area contributed by atoms with Crippen LogP contribution in [0.3, 0.4) is 0 Å². The van der Waals surface area contributed by atoms with Gasteiger partial charge in [0.25, 0.3) is 0 Å². The summed E-state index contributed by atoms with van der Waals surface area (Å²) < 4.78 is 1.14. The SMILES string of the molecule is CN(Cc1cccc(Br)c1)CC(CN)CC(C)(C)C. The van der Waals surface area contributed by atoms with E-state index in [1.165, 1.54) is 12.0 Å². The van der Waals surface area contributed by atoms with Crippen LogP contribution in [-0.4, -0.2) is 25.0 Å². The Hall–Kier alpha value is -0.380. The van der Waals surface area contributed by atoms with Gasteiger partial charge in [0.2, 0.25) is 0 Å². The number of nitrogens with zero attached hydrogens (tertiary/aromatic N) is 1. The second-order valence-corrected chi connectivity index (χ2v) is 7.61. The molecule has 1 aromatic rings. The van der Waals surface area contributed by atoms with E-state index in [9.17, 15) is 0 Å². The topological polar surface area (TPSA) is 29.3 Å².